The van der Waals surface area contributed by atoms with Crippen LogP contribution >= 0.6 is 0 Å². The minimum atomic E-state index is -0.955. The van der Waals surface area contributed by atoms with E-state index in [1.165, 1.54) is 0 Å². The first-order valence-electron chi connectivity index (χ1n) is 10.4. The number of hydrogen-bond donors (Lipinski definition) is 1. The van der Waals surface area contributed by atoms with Crippen molar-refractivity contribution in [2.45, 2.75) is 51.3 Å². The van der Waals surface area contributed by atoms with Crippen LogP contribution < -0.4 is 0 Å². The molecule has 2 heterocycles. The molecule has 0 radical (unpaired) electrons. The largest absolute Gasteiger partial charge is 0.462 e. The summed E-state index contributed by atoms with van der Waals surface area (Å²) in [5, 5.41) is 10.5. The predicted octanol–water partition coefficient (Wildman–Crippen LogP) is 2.48. The molecule has 7 heteroatoms. The van der Waals surface area contributed by atoms with Crippen LogP contribution in [0.5, 0.6) is 0 Å². The minimum Gasteiger partial charge on any atom is -0.462 e. The molecule has 4 rings (SSSR count). The lowest BCUT2D eigenvalue weighted by molar-refractivity contribution is -0.248. The number of aliphatic hydroxyl groups is 1. The zero-order valence-electron chi connectivity index (χ0n) is 17.2. The van der Waals surface area contributed by atoms with Gasteiger partial charge in [0.15, 0.2) is 6.29 Å². The standard InChI is InChI=1S/C23H28O7/c1-23(2)12-27-22(28-13-23)17(24)9-8-15-16-10-20(25)29-19(16)11-18(15)30-21(26)14-6-4-3-5-7-14/h3-9,15-19,22,24H,10-13H2,1-2H3/t15-,16-,17?,18-,19+/m1/s1. The number of carbonyl (C=O) groups is 2. The summed E-state index contributed by atoms with van der Waals surface area (Å²) < 4.78 is 22.4. The summed E-state index contributed by atoms with van der Waals surface area (Å²) in [5.41, 5.74) is 0.387. The van der Waals surface area contributed by atoms with Gasteiger partial charge < -0.3 is 24.1 Å². The molecule has 2 saturated heterocycles. The Labute approximate surface area is 175 Å². The summed E-state index contributed by atoms with van der Waals surface area (Å²) in [7, 11) is 0. The molecule has 3 fully saturated rings. The highest BCUT2D eigenvalue weighted by atomic mass is 16.7. The van der Waals surface area contributed by atoms with Gasteiger partial charge in [0.05, 0.1) is 25.2 Å². The van der Waals surface area contributed by atoms with E-state index in [1.54, 1.807) is 30.3 Å². The smallest absolute Gasteiger partial charge is 0.338 e. The van der Waals surface area contributed by atoms with Gasteiger partial charge in [-0.1, -0.05) is 44.2 Å². The van der Waals surface area contributed by atoms with E-state index in [2.05, 4.69) is 0 Å². The van der Waals surface area contributed by atoms with Crippen molar-refractivity contribution in [3.8, 4) is 0 Å². The molecular formula is C23H28O7. The Morgan fingerprint density at radius 2 is 1.93 bits per heavy atom. The molecule has 1 unspecified atom stereocenters. The van der Waals surface area contributed by atoms with E-state index in [9.17, 15) is 14.7 Å². The van der Waals surface area contributed by atoms with Crippen molar-refractivity contribution >= 4 is 11.9 Å². The number of ether oxygens (including phenoxy) is 4. The van der Waals surface area contributed by atoms with Gasteiger partial charge in [-0.3, -0.25) is 4.79 Å². The van der Waals surface area contributed by atoms with Gasteiger partial charge in [0, 0.05) is 23.7 Å². The zero-order valence-corrected chi connectivity index (χ0v) is 17.2. The molecule has 30 heavy (non-hydrogen) atoms. The van der Waals surface area contributed by atoms with E-state index in [4.69, 9.17) is 18.9 Å². The average molecular weight is 416 g/mol. The van der Waals surface area contributed by atoms with Crippen LogP contribution in [0, 0.1) is 17.3 Å². The van der Waals surface area contributed by atoms with Crippen LogP contribution in [-0.2, 0) is 23.7 Å². The lowest BCUT2D eigenvalue weighted by Gasteiger charge is -2.35. The highest BCUT2D eigenvalue weighted by molar-refractivity contribution is 5.89. The quantitative estimate of drug-likeness (QED) is 0.582. The third-order valence-corrected chi connectivity index (χ3v) is 5.90. The highest BCUT2D eigenvalue weighted by Gasteiger charge is 2.50. The normalized spacial score (nSPS) is 32.0. The van der Waals surface area contributed by atoms with Crippen LogP contribution in [0.1, 0.15) is 37.0 Å². The maximum absolute atomic E-state index is 12.5. The number of carbonyl (C=O) groups excluding carboxylic acids is 2. The summed E-state index contributed by atoms with van der Waals surface area (Å²) in [4.78, 5) is 24.3. The summed E-state index contributed by atoms with van der Waals surface area (Å²) in [5.74, 6) is -0.963. The lowest BCUT2D eigenvalue weighted by Crippen LogP contribution is -2.43. The van der Waals surface area contributed by atoms with Gasteiger partial charge in [-0.25, -0.2) is 4.79 Å². The first kappa shape index (κ1) is 21.0. The van der Waals surface area contributed by atoms with Crippen LogP contribution in [0.25, 0.3) is 0 Å². The maximum Gasteiger partial charge on any atom is 0.338 e. The van der Waals surface area contributed by atoms with Crippen molar-refractivity contribution in [1.82, 2.24) is 0 Å². The van der Waals surface area contributed by atoms with Gasteiger partial charge in [0.25, 0.3) is 0 Å². The Bertz CT molecular complexity index is 793. The molecule has 1 aromatic carbocycles. The number of fused-ring (bicyclic) bond motifs is 1. The molecule has 5 atom stereocenters. The number of esters is 2. The average Bonchev–Trinajstić information content (AvgIpc) is 3.22. The van der Waals surface area contributed by atoms with Crippen LogP contribution in [0.3, 0.4) is 0 Å². The lowest BCUT2D eigenvalue weighted by atomic mass is 9.91. The van der Waals surface area contributed by atoms with Crippen molar-refractivity contribution in [3.63, 3.8) is 0 Å². The molecule has 0 aromatic heterocycles. The van der Waals surface area contributed by atoms with E-state index in [-0.39, 0.29) is 35.7 Å². The number of hydrogen-bond acceptors (Lipinski definition) is 7. The fourth-order valence-electron chi connectivity index (χ4n) is 4.31. The zero-order chi connectivity index (χ0) is 21.3. The molecule has 0 amide bonds. The Morgan fingerprint density at radius 3 is 2.63 bits per heavy atom. The SMILES string of the molecule is CC1(C)COC(C(O)C=C[C@@H]2[C@H]3CC(=O)O[C@H]3C[C@H]2OC(=O)c2ccccc2)OC1. The second-order valence-electron chi connectivity index (χ2n) is 9.05. The van der Waals surface area contributed by atoms with E-state index >= 15 is 0 Å². The second kappa shape index (κ2) is 8.49. The molecule has 3 aliphatic rings. The Morgan fingerprint density at radius 1 is 1.23 bits per heavy atom. The van der Waals surface area contributed by atoms with Gasteiger partial charge in [-0.2, -0.15) is 0 Å². The molecule has 162 valence electrons. The topological polar surface area (TPSA) is 91.3 Å². The Balaban J connectivity index is 1.44. The van der Waals surface area contributed by atoms with E-state index < -0.39 is 24.5 Å². The molecule has 1 saturated carbocycles. The van der Waals surface area contributed by atoms with Gasteiger partial charge >= 0.3 is 11.9 Å². The fraction of sp³-hybridized carbons (Fsp3) is 0.565. The van der Waals surface area contributed by atoms with Crippen LogP contribution in [0.15, 0.2) is 42.5 Å². The maximum atomic E-state index is 12.5. The fourth-order valence-corrected chi connectivity index (χ4v) is 4.31. The summed E-state index contributed by atoms with van der Waals surface area (Å²) >= 11 is 0. The van der Waals surface area contributed by atoms with Crippen LogP contribution in [0.4, 0.5) is 0 Å². The van der Waals surface area contributed by atoms with Crippen molar-refractivity contribution < 1.29 is 33.6 Å². The van der Waals surface area contributed by atoms with Gasteiger partial charge in [0.1, 0.15) is 18.3 Å². The number of benzene rings is 1. The van der Waals surface area contributed by atoms with E-state index in [1.807, 2.05) is 26.0 Å². The third-order valence-electron chi connectivity index (χ3n) is 5.90. The van der Waals surface area contributed by atoms with Crippen molar-refractivity contribution in [2.24, 2.45) is 17.3 Å². The molecule has 2 aliphatic heterocycles. The Kier molecular flexibility index (Phi) is 5.95. The van der Waals surface area contributed by atoms with Gasteiger partial charge in [0.2, 0.25) is 0 Å². The highest BCUT2D eigenvalue weighted by Crippen LogP contribution is 2.43. The summed E-state index contributed by atoms with van der Waals surface area (Å²) in [6.07, 6.45) is 1.75. The second-order valence-corrected chi connectivity index (χ2v) is 9.05. The molecule has 0 bridgehead atoms. The first-order chi connectivity index (χ1) is 14.3. The van der Waals surface area contributed by atoms with E-state index in [0.717, 1.165) is 0 Å². The molecular weight excluding hydrogens is 388 g/mol. The predicted molar refractivity (Wildman–Crippen MR) is 106 cm³/mol. The van der Waals surface area contributed by atoms with Crippen molar-refractivity contribution in [3.05, 3.63) is 48.0 Å². The Hall–Kier alpha value is -2.22. The number of rotatable bonds is 5. The van der Waals surface area contributed by atoms with Gasteiger partial charge in [-0.15, -0.1) is 0 Å². The molecule has 7 nitrogen and oxygen atoms in total. The molecule has 0 spiro atoms. The summed E-state index contributed by atoms with van der Waals surface area (Å²) in [6, 6.07) is 8.79. The summed E-state index contributed by atoms with van der Waals surface area (Å²) in [6.45, 7) is 5.06. The minimum absolute atomic E-state index is 0.0818. The third kappa shape index (κ3) is 4.58. The first-order valence-corrected chi connectivity index (χ1v) is 10.4. The molecule has 1 aliphatic carbocycles. The van der Waals surface area contributed by atoms with Crippen molar-refractivity contribution in [1.29, 1.82) is 0 Å². The molecule has 1 aromatic rings. The molecule has 1 N–H and O–H groups in total. The van der Waals surface area contributed by atoms with E-state index in [0.29, 0.717) is 25.2 Å². The van der Waals surface area contributed by atoms with Crippen LogP contribution in [-0.4, -0.2) is 54.9 Å². The van der Waals surface area contributed by atoms with Crippen molar-refractivity contribution in [2.75, 3.05) is 13.2 Å². The number of aliphatic hydroxyl groups excluding tert-OH is 1. The van der Waals surface area contributed by atoms with Crippen LogP contribution in [0.2, 0.25) is 0 Å². The van der Waals surface area contributed by atoms with Gasteiger partial charge in [-0.05, 0) is 12.1 Å². The monoisotopic (exact) mass is 416 g/mol.